The number of allylic oxidation sites excluding steroid dienone is 2. The van der Waals surface area contributed by atoms with Gasteiger partial charge in [0.2, 0.25) is 5.52 Å². The number of benzene rings is 2. The number of anilines is 1. The lowest BCUT2D eigenvalue weighted by Crippen LogP contribution is -2.36. The Balaban J connectivity index is 1.58. The average Bonchev–Trinajstić information content (AvgIpc) is 3.25. The van der Waals surface area contributed by atoms with Gasteiger partial charge >= 0.3 is 0 Å². The van der Waals surface area contributed by atoms with Crippen LogP contribution in [0.2, 0.25) is 0 Å². The highest BCUT2D eigenvalue weighted by atomic mass is 32.2. The molecule has 150 valence electrons. The second kappa shape index (κ2) is 9.13. The number of hydrogen-bond acceptors (Lipinski definition) is 5. The second-order valence-electron chi connectivity index (χ2n) is 6.97. The molecule has 0 unspecified atom stereocenters. The van der Waals surface area contributed by atoms with Gasteiger partial charge in [-0.2, -0.15) is 4.57 Å². The summed E-state index contributed by atoms with van der Waals surface area (Å²) in [5.74, 6) is 0. The SMILES string of the molecule is C/C(=C/c1sc2ccccc2[n+]1CCO)C/C=C1/Sc2ccccc2N1CCO. The first-order chi connectivity index (χ1) is 14.2. The highest BCUT2D eigenvalue weighted by molar-refractivity contribution is 8.03. The van der Waals surface area contributed by atoms with E-state index in [-0.39, 0.29) is 13.2 Å². The molecule has 2 heterocycles. The molecule has 1 aromatic heterocycles. The van der Waals surface area contributed by atoms with Gasteiger partial charge in [-0.05, 0) is 37.6 Å². The summed E-state index contributed by atoms with van der Waals surface area (Å²) in [6.45, 7) is 3.60. The molecule has 0 atom stereocenters. The number of β-amino-alcohol motifs (C(OH)–C–C–N with tert-alkyl or cyclic N) is 1. The lowest BCUT2D eigenvalue weighted by molar-refractivity contribution is -0.670. The molecule has 4 nitrogen and oxygen atoms in total. The van der Waals surface area contributed by atoms with Crippen molar-refractivity contribution in [2.45, 2.75) is 24.8 Å². The Morgan fingerprint density at radius 1 is 1.07 bits per heavy atom. The molecule has 0 fully saturated rings. The summed E-state index contributed by atoms with van der Waals surface area (Å²) in [5.41, 5.74) is 3.60. The molecule has 6 heteroatoms. The first-order valence-electron chi connectivity index (χ1n) is 9.76. The topological polar surface area (TPSA) is 47.6 Å². The van der Waals surface area contributed by atoms with Crippen LogP contribution in [0.15, 0.2) is 70.1 Å². The normalized spacial score (nSPS) is 15.5. The smallest absolute Gasteiger partial charge is 0.262 e. The number of rotatable bonds is 7. The van der Waals surface area contributed by atoms with Gasteiger partial charge in [-0.1, -0.05) is 52.9 Å². The van der Waals surface area contributed by atoms with Crippen LogP contribution in [0, 0.1) is 0 Å². The van der Waals surface area contributed by atoms with Crippen molar-refractivity contribution in [3.8, 4) is 0 Å². The zero-order valence-corrected chi connectivity index (χ0v) is 18.0. The second-order valence-corrected chi connectivity index (χ2v) is 9.09. The van der Waals surface area contributed by atoms with E-state index in [1.54, 1.807) is 23.1 Å². The number of thiazole rings is 1. The van der Waals surface area contributed by atoms with Gasteiger partial charge in [-0.3, -0.25) is 0 Å². The Bertz CT molecular complexity index is 1070. The minimum Gasteiger partial charge on any atom is -0.395 e. The predicted molar refractivity (Wildman–Crippen MR) is 122 cm³/mol. The largest absolute Gasteiger partial charge is 0.395 e. The van der Waals surface area contributed by atoms with Gasteiger partial charge in [0, 0.05) is 23.6 Å². The van der Waals surface area contributed by atoms with E-state index in [0.717, 1.165) is 11.4 Å². The Kier molecular flexibility index (Phi) is 6.35. The highest BCUT2D eigenvalue weighted by Gasteiger charge is 2.24. The van der Waals surface area contributed by atoms with Crippen molar-refractivity contribution in [3.05, 3.63) is 70.2 Å². The van der Waals surface area contributed by atoms with Gasteiger partial charge in [-0.15, -0.1) is 0 Å². The van der Waals surface area contributed by atoms with Crippen LogP contribution >= 0.6 is 23.1 Å². The Morgan fingerprint density at radius 3 is 2.69 bits per heavy atom. The fraction of sp³-hybridized carbons (Fsp3) is 0.261. The van der Waals surface area contributed by atoms with Gasteiger partial charge in [-0.25, -0.2) is 0 Å². The van der Waals surface area contributed by atoms with Crippen LogP contribution in [0.25, 0.3) is 16.3 Å². The molecule has 1 aliphatic heterocycles. The molecule has 0 bridgehead atoms. The summed E-state index contributed by atoms with van der Waals surface area (Å²) in [4.78, 5) is 3.43. The number of hydrogen-bond donors (Lipinski definition) is 2. The molecule has 0 radical (unpaired) electrons. The summed E-state index contributed by atoms with van der Waals surface area (Å²) in [5, 5.41) is 21.3. The van der Waals surface area contributed by atoms with Gasteiger partial charge in [0.25, 0.3) is 5.01 Å². The molecule has 0 saturated heterocycles. The highest BCUT2D eigenvalue weighted by Crippen LogP contribution is 2.45. The molecule has 29 heavy (non-hydrogen) atoms. The summed E-state index contributed by atoms with van der Waals surface area (Å²) in [6, 6.07) is 16.7. The van der Waals surface area contributed by atoms with Crippen molar-refractivity contribution in [3.63, 3.8) is 0 Å². The van der Waals surface area contributed by atoms with Crippen molar-refractivity contribution in [1.29, 1.82) is 0 Å². The van der Waals surface area contributed by atoms with Gasteiger partial charge < -0.3 is 15.1 Å². The first kappa shape index (κ1) is 20.2. The average molecular weight is 426 g/mol. The quantitative estimate of drug-likeness (QED) is 0.550. The van der Waals surface area contributed by atoms with Crippen LogP contribution in [0.3, 0.4) is 0 Å². The summed E-state index contributed by atoms with van der Waals surface area (Å²) >= 11 is 3.52. The zero-order valence-electron chi connectivity index (χ0n) is 16.4. The molecule has 0 spiro atoms. The van der Waals surface area contributed by atoms with E-state index in [1.807, 2.05) is 12.1 Å². The Hall–Kier alpha value is -2.12. The summed E-state index contributed by atoms with van der Waals surface area (Å²) < 4.78 is 3.42. The van der Waals surface area contributed by atoms with Crippen LogP contribution in [0.4, 0.5) is 5.69 Å². The predicted octanol–water partition coefficient (Wildman–Crippen LogP) is 4.42. The standard InChI is InChI=1S/C23H25N2O2S2/c1-17(16-23-25(13-15-27)19-7-3-5-9-21(19)29-23)10-11-22-24(12-14-26)18-6-2-4-8-20(18)28-22/h2-9,11,16,26-27H,10,12-15H2,1H3/q+1/b17-16-,22-11+. The van der Waals surface area contributed by atoms with E-state index in [0.29, 0.717) is 13.1 Å². The zero-order chi connectivity index (χ0) is 20.2. The molecule has 2 N–H and O–H groups in total. The van der Waals surface area contributed by atoms with Crippen molar-refractivity contribution in [2.24, 2.45) is 0 Å². The summed E-state index contributed by atoms with van der Waals surface area (Å²) in [6.07, 6.45) is 5.31. The van der Waals surface area contributed by atoms with E-state index in [1.165, 1.54) is 31.4 Å². The van der Waals surface area contributed by atoms with E-state index < -0.39 is 0 Å². The van der Waals surface area contributed by atoms with Gasteiger partial charge in [0.05, 0.1) is 17.3 Å². The van der Waals surface area contributed by atoms with E-state index in [4.69, 9.17) is 0 Å². The number of aromatic nitrogens is 1. The van der Waals surface area contributed by atoms with Crippen LogP contribution in [0.1, 0.15) is 18.4 Å². The number of aliphatic hydroxyl groups is 2. The number of thioether (sulfide) groups is 1. The number of fused-ring (bicyclic) bond motifs is 2. The third kappa shape index (κ3) is 4.26. The monoisotopic (exact) mass is 425 g/mol. The molecule has 1 aliphatic rings. The fourth-order valence-corrected chi connectivity index (χ4v) is 5.88. The molecular formula is C23H25N2O2S2+. The molecular weight excluding hydrogens is 400 g/mol. The summed E-state index contributed by atoms with van der Waals surface area (Å²) in [7, 11) is 0. The Labute approximate surface area is 179 Å². The lowest BCUT2D eigenvalue weighted by Gasteiger charge is -2.19. The molecule has 0 amide bonds. The van der Waals surface area contributed by atoms with E-state index >= 15 is 0 Å². The lowest BCUT2D eigenvalue weighted by atomic mass is 10.2. The fourth-order valence-electron chi connectivity index (χ4n) is 3.54. The Morgan fingerprint density at radius 2 is 1.86 bits per heavy atom. The minimum absolute atomic E-state index is 0.125. The number of para-hydroxylation sites is 2. The molecule has 3 aromatic rings. The third-order valence-corrected chi connectivity index (χ3v) is 7.16. The number of nitrogens with zero attached hydrogens (tertiary/aromatic N) is 2. The maximum Gasteiger partial charge on any atom is 0.262 e. The molecule has 4 rings (SSSR count). The third-order valence-electron chi connectivity index (χ3n) is 4.89. The van der Waals surface area contributed by atoms with E-state index in [9.17, 15) is 10.2 Å². The molecule has 0 aliphatic carbocycles. The van der Waals surface area contributed by atoms with Crippen molar-refractivity contribution in [2.75, 3.05) is 24.7 Å². The maximum atomic E-state index is 9.49. The van der Waals surface area contributed by atoms with Crippen LogP contribution in [-0.4, -0.2) is 30.0 Å². The first-order valence-corrected chi connectivity index (χ1v) is 11.4. The molecule has 0 saturated carbocycles. The van der Waals surface area contributed by atoms with E-state index in [2.05, 4.69) is 64.9 Å². The van der Waals surface area contributed by atoms with Gasteiger partial charge in [0.1, 0.15) is 11.3 Å². The van der Waals surface area contributed by atoms with Crippen LogP contribution in [-0.2, 0) is 6.54 Å². The van der Waals surface area contributed by atoms with Crippen LogP contribution in [0.5, 0.6) is 0 Å². The molecule has 2 aromatic carbocycles. The number of aliphatic hydroxyl groups excluding tert-OH is 2. The maximum absolute atomic E-state index is 9.49. The van der Waals surface area contributed by atoms with Gasteiger partial charge in [0.15, 0.2) is 6.54 Å². The van der Waals surface area contributed by atoms with Crippen LogP contribution < -0.4 is 9.47 Å². The minimum atomic E-state index is 0.125. The van der Waals surface area contributed by atoms with Crippen molar-refractivity contribution < 1.29 is 14.8 Å². The van der Waals surface area contributed by atoms with Crippen molar-refractivity contribution in [1.82, 2.24) is 0 Å². The van der Waals surface area contributed by atoms with Crippen molar-refractivity contribution >= 4 is 45.1 Å².